The van der Waals surface area contributed by atoms with E-state index in [1.165, 1.54) is 12.8 Å². The van der Waals surface area contributed by atoms with Crippen molar-refractivity contribution >= 4 is 28.5 Å². The van der Waals surface area contributed by atoms with Crippen molar-refractivity contribution in [1.29, 1.82) is 0 Å². The van der Waals surface area contributed by atoms with Gasteiger partial charge in [-0.25, -0.2) is 0 Å². The fourth-order valence-corrected chi connectivity index (χ4v) is 4.19. The number of hydrogen-bond acceptors (Lipinski definition) is 0. The molecule has 3 aliphatic carbocycles. The predicted octanol–water partition coefficient (Wildman–Crippen LogP) is 4.02. The molecule has 0 aromatic carbocycles. The molecule has 3 rings (SSSR count). The van der Waals surface area contributed by atoms with Crippen molar-refractivity contribution in [1.82, 2.24) is 0 Å². The third-order valence-corrected chi connectivity index (χ3v) is 5.38. The minimum absolute atomic E-state index is 0.156. The summed E-state index contributed by atoms with van der Waals surface area (Å²) in [6, 6.07) is 0. The summed E-state index contributed by atoms with van der Waals surface area (Å²) in [5.41, 5.74) is 0.398. The maximum atomic E-state index is 6.00. The highest BCUT2D eigenvalue weighted by molar-refractivity contribution is 7.34. The second-order valence-corrected chi connectivity index (χ2v) is 6.62. The third kappa shape index (κ3) is 1.34. The Kier molecular flexibility index (Phi) is 2.40. The number of hydrogen-bond donors (Lipinski definition) is 0. The molecule has 0 amide bonds. The van der Waals surface area contributed by atoms with Gasteiger partial charge in [0.2, 0.25) is 0 Å². The highest BCUT2D eigenvalue weighted by atomic mass is 35.5. The van der Waals surface area contributed by atoms with Crippen molar-refractivity contribution in [2.24, 2.45) is 23.2 Å². The molecule has 0 spiro atoms. The first-order valence-corrected chi connectivity index (χ1v) is 6.10. The second kappa shape index (κ2) is 3.07. The van der Waals surface area contributed by atoms with Crippen LogP contribution in [0.3, 0.4) is 0 Å². The molecule has 0 heterocycles. The third-order valence-electron chi connectivity index (χ3n) is 4.74. The lowest BCUT2D eigenvalue weighted by Crippen LogP contribution is -2.54. The number of halogens is 2. The average molecular weight is 219 g/mol. The molecule has 0 radical (unpaired) electrons. The standard InChI is InChI=1S/C10H17BCl2/c1-6-8-4-7(10(8,2)3)5-9(6)11(12)13/h6-9H,4-5H2,1-3H3/t6-,7+,8-,9-/m1/s1. The van der Waals surface area contributed by atoms with Crippen molar-refractivity contribution < 1.29 is 0 Å². The molecule has 74 valence electrons. The van der Waals surface area contributed by atoms with Crippen LogP contribution in [0, 0.1) is 23.2 Å². The van der Waals surface area contributed by atoms with Crippen LogP contribution in [0.1, 0.15) is 33.6 Å². The minimum atomic E-state index is -0.156. The van der Waals surface area contributed by atoms with Crippen LogP contribution >= 0.6 is 22.9 Å². The van der Waals surface area contributed by atoms with Gasteiger partial charge in [0, 0.05) is 0 Å². The molecule has 4 atom stereocenters. The fraction of sp³-hybridized carbons (Fsp3) is 1.00. The van der Waals surface area contributed by atoms with E-state index in [1.807, 2.05) is 0 Å². The topological polar surface area (TPSA) is 0 Å². The molecule has 0 unspecified atom stereocenters. The summed E-state index contributed by atoms with van der Waals surface area (Å²) in [5, 5.41) is 0. The van der Waals surface area contributed by atoms with Gasteiger partial charge in [0.1, 0.15) is 0 Å². The van der Waals surface area contributed by atoms with Gasteiger partial charge >= 0.3 is 5.54 Å². The molecule has 3 heteroatoms. The van der Waals surface area contributed by atoms with E-state index in [0.29, 0.717) is 17.2 Å². The van der Waals surface area contributed by atoms with Gasteiger partial charge in [0.15, 0.2) is 0 Å². The molecule has 3 fully saturated rings. The summed E-state index contributed by atoms with van der Waals surface area (Å²) >= 11 is 12.0. The molecule has 13 heavy (non-hydrogen) atoms. The van der Waals surface area contributed by atoms with Crippen molar-refractivity contribution in [3.05, 3.63) is 0 Å². The zero-order valence-corrected chi connectivity index (χ0v) is 10.1. The largest absolute Gasteiger partial charge is 0.355 e. The molecule has 0 saturated heterocycles. The first-order valence-electron chi connectivity index (χ1n) is 5.22. The SMILES string of the molecule is C[C@@H]1[C@H]2C[C@@H](C[C@H]1B(Cl)Cl)C2(C)C. The van der Waals surface area contributed by atoms with Crippen LogP contribution in [0.15, 0.2) is 0 Å². The molecule has 0 aliphatic heterocycles. The van der Waals surface area contributed by atoms with Gasteiger partial charge in [-0.05, 0) is 35.4 Å². The fourth-order valence-electron chi connectivity index (χ4n) is 3.52. The van der Waals surface area contributed by atoms with E-state index in [0.717, 1.165) is 11.8 Å². The Labute approximate surface area is 91.3 Å². The van der Waals surface area contributed by atoms with Gasteiger partial charge in [-0.1, -0.05) is 27.2 Å². The molecule has 0 N–H and O–H groups in total. The van der Waals surface area contributed by atoms with E-state index < -0.39 is 0 Å². The smallest absolute Gasteiger partial charge is 0.171 e. The lowest BCUT2D eigenvalue weighted by molar-refractivity contribution is -0.0984. The molecule has 3 aliphatic rings. The first kappa shape index (κ1) is 10.2. The predicted molar refractivity (Wildman–Crippen MR) is 60.4 cm³/mol. The maximum absolute atomic E-state index is 6.00. The van der Waals surface area contributed by atoms with E-state index in [1.54, 1.807) is 0 Å². The van der Waals surface area contributed by atoms with E-state index >= 15 is 0 Å². The summed E-state index contributed by atoms with van der Waals surface area (Å²) in [6.07, 6.45) is 2.65. The first-order chi connectivity index (χ1) is 5.94. The van der Waals surface area contributed by atoms with Gasteiger partial charge in [-0.3, -0.25) is 0 Å². The van der Waals surface area contributed by atoms with Gasteiger partial charge in [0.25, 0.3) is 0 Å². The Hall–Kier alpha value is 0.645. The van der Waals surface area contributed by atoms with Crippen LogP contribution < -0.4 is 0 Å². The Bertz CT molecular complexity index is 213. The highest BCUT2D eigenvalue weighted by Crippen LogP contribution is 2.65. The molecule has 0 aromatic rings. The lowest BCUT2D eigenvalue weighted by Gasteiger charge is -2.62. The van der Waals surface area contributed by atoms with Crippen molar-refractivity contribution in [2.45, 2.75) is 39.4 Å². The Morgan fingerprint density at radius 1 is 1.23 bits per heavy atom. The number of rotatable bonds is 1. The summed E-state index contributed by atoms with van der Waals surface area (Å²) in [7, 11) is 0. The lowest BCUT2D eigenvalue weighted by atomic mass is 9.40. The molecule has 2 bridgehead atoms. The van der Waals surface area contributed by atoms with Crippen LogP contribution in [0.2, 0.25) is 5.82 Å². The van der Waals surface area contributed by atoms with Crippen molar-refractivity contribution in [3.63, 3.8) is 0 Å². The molecular formula is C10H17BCl2. The summed E-state index contributed by atoms with van der Waals surface area (Å²) in [4.78, 5) is 0. The van der Waals surface area contributed by atoms with Crippen LogP contribution in [0.5, 0.6) is 0 Å². The van der Waals surface area contributed by atoms with Crippen LogP contribution in [-0.2, 0) is 0 Å². The van der Waals surface area contributed by atoms with Crippen LogP contribution in [-0.4, -0.2) is 5.54 Å². The van der Waals surface area contributed by atoms with Gasteiger partial charge in [-0.2, -0.15) is 22.9 Å². The monoisotopic (exact) mass is 218 g/mol. The quantitative estimate of drug-likeness (QED) is 0.584. The normalized spacial score (nSPS) is 46.8. The number of fused-ring (bicyclic) bond motifs is 2. The molecule has 0 nitrogen and oxygen atoms in total. The zero-order chi connectivity index (χ0) is 9.80. The van der Waals surface area contributed by atoms with Gasteiger partial charge in [0.05, 0.1) is 0 Å². The van der Waals surface area contributed by atoms with Crippen LogP contribution in [0.4, 0.5) is 0 Å². The summed E-state index contributed by atoms with van der Waals surface area (Å²) < 4.78 is 0. The van der Waals surface area contributed by atoms with E-state index in [4.69, 9.17) is 22.9 Å². The second-order valence-electron chi connectivity index (χ2n) is 5.45. The minimum Gasteiger partial charge on any atom is -0.171 e. The van der Waals surface area contributed by atoms with Gasteiger partial charge in [-0.15, -0.1) is 0 Å². The van der Waals surface area contributed by atoms with Crippen molar-refractivity contribution in [3.8, 4) is 0 Å². The Morgan fingerprint density at radius 2 is 1.85 bits per heavy atom. The molecule has 3 saturated carbocycles. The average Bonchev–Trinajstić information content (AvgIpc) is 2.02. The molecular weight excluding hydrogens is 202 g/mol. The Morgan fingerprint density at radius 3 is 2.23 bits per heavy atom. The zero-order valence-electron chi connectivity index (χ0n) is 8.56. The van der Waals surface area contributed by atoms with E-state index in [2.05, 4.69) is 20.8 Å². The summed E-state index contributed by atoms with van der Waals surface area (Å²) in [6.45, 7) is 7.12. The van der Waals surface area contributed by atoms with E-state index in [-0.39, 0.29) is 5.54 Å². The van der Waals surface area contributed by atoms with E-state index in [9.17, 15) is 0 Å². The summed E-state index contributed by atoms with van der Waals surface area (Å²) in [5.74, 6) is 2.98. The van der Waals surface area contributed by atoms with Gasteiger partial charge < -0.3 is 0 Å². The Balaban J connectivity index is 2.12. The molecule has 0 aromatic heterocycles. The maximum Gasteiger partial charge on any atom is 0.355 e. The highest BCUT2D eigenvalue weighted by Gasteiger charge is 2.57. The van der Waals surface area contributed by atoms with Crippen LogP contribution in [0.25, 0.3) is 0 Å². The van der Waals surface area contributed by atoms with Crippen molar-refractivity contribution in [2.75, 3.05) is 0 Å².